The molecular weight excluding hydrogens is 486 g/mol. The van der Waals surface area contributed by atoms with E-state index in [1.54, 1.807) is 16.8 Å². The van der Waals surface area contributed by atoms with Crippen LogP contribution in [0.2, 0.25) is 0 Å². The number of nitrogen functional groups attached to an aromatic ring is 1. The highest BCUT2D eigenvalue weighted by Crippen LogP contribution is 2.32. The summed E-state index contributed by atoms with van der Waals surface area (Å²) in [5.41, 5.74) is 9.45. The number of aromatic nitrogens is 3. The molecule has 2 amide bonds. The lowest BCUT2D eigenvalue weighted by atomic mass is 9.87. The number of urea groups is 1. The van der Waals surface area contributed by atoms with Gasteiger partial charge in [0.1, 0.15) is 23.8 Å². The standard InChI is InChI=1S/C27H39N7O4/c1-16(31-26(37)32-18-8-6-17(7-9-18)27(2,3)4)11-13-33(5)14-20-22(35)23(36)25(38-20)34-15-30-21-19(28)10-12-29-24(21)34/h6-10,12,15-16,20,22-23,25,35-36H,11,13-14H2,1-5H3,(H2,28,29)(H2,31,32,37)/t16-,20+,22+,23+,25+/m0/s1. The third kappa shape index (κ3) is 6.24. The normalized spacial score (nSPS) is 22.6. The van der Waals surface area contributed by atoms with E-state index in [0.29, 0.717) is 36.4 Å². The molecule has 6 N–H and O–H groups in total. The third-order valence-corrected chi connectivity index (χ3v) is 6.93. The van der Waals surface area contributed by atoms with E-state index in [9.17, 15) is 15.0 Å². The number of fused-ring (bicyclic) bond motifs is 1. The molecule has 1 aromatic carbocycles. The Hall–Kier alpha value is -3.25. The summed E-state index contributed by atoms with van der Waals surface area (Å²) in [7, 11) is 1.91. The maximum Gasteiger partial charge on any atom is 0.319 e. The van der Waals surface area contributed by atoms with Gasteiger partial charge in [0.2, 0.25) is 0 Å². The molecule has 1 aliphatic rings. The number of ether oxygens (including phenoxy) is 1. The molecule has 0 bridgehead atoms. The van der Waals surface area contributed by atoms with E-state index >= 15 is 0 Å². The highest BCUT2D eigenvalue weighted by atomic mass is 16.6. The second-order valence-electron chi connectivity index (χ2n) is 11.1. The molecule has 0 radical (unpaired) electrons. The zero-order chi connectivity index (χ0) is 27.6. The molecule has 3 heterocycles. The number of pyridine rings is 1. The van der Waals surface area contributed by atoms with Gasteiger partial charge in [0.05, 0.1) is 12.0 Å². The number of hydrogen-bond acceptors (Lipinski definition) is 8. The van der Waals surface area contributed by atoms with Gasteiger partial charge in [-0.25, -0.2) is 14.8 Å². The number of likely N-dealkylation sites (N-methyl/N-ethyl adjacent to an activating group) is 1. The van der Waals surface area contributed by atoms with E-state index in [1.807, 2.05) is 43.1 Å². The third-order valence-electron chi connectivity index (χ3n) is 6.93. The van der Waals surface area contributed by atoms with Crippen molar-refractivity contribution in [2.45, 2.75) is 70.1 Å². The number of aliphatic hydroxyl groups is 2. The Balaban J connectivity index is 1.25. The number of rotatable bonds is 8. The van der Waals surface area contributed by atoms with Crippen molar-refractivity contribution in [1.29, 1.82) is 0 Å². The number of carbonyl (C=O) groups is 1. The number of nitrogens with two attached hydrogens (primary N) is 1. The molecule has 206 valence electrons. The van der Waals surface area contributed by atoms with Crippen molar-refractivity contribution in [1.82, 2.24) is 24.8 Å². The molecular formula is C27H39N7O4. The molecule has 11 nitrogen and oxygen atoms in total. The summed E-state index contributed by atoms with van der Waals surface area (Å²) < 4.78 is 7.63. The Bertz CT molecular complexity index is 1240. The molecule has 1 aliphatic heterocycles. The summed E-state index contributed by atoms with van der Waals surface area (Å²) in [6, 6.07) is 9.18. The number of hydrogen-bond donors (Lipinski definition) is 5. The predicted molar refractivity (Wildman–Crippen MR) is 147 cm³/mol. The molecule has 1 saturated heterocycles. The van der Waals surface area contributed by atoms with Crippen LogP contribution in [0.1, 0.15) is 45.9 Å². The Morgan fingerprint density at radius 2 is 1.89 bits per heavy atom. The van der Waals surface area contributed by atoms with E-state index in [0.717, 1.165) is 5.69 Å². The Kier molecular flexibility index (Phi) is 8.22. The molecule has 0 spiro atoms. The number of anilines is 2. The Morgan fingerprint density at radius 3 is 2.58 bits per heavy atom. The largest absolute Gasteiger partial charge is 0.397 e. The minimum absolute atomic E-state index is 0.0551. The first kappa shape index (κ1) is 27.8. The van der Waals surface area contributed by atoms with Crippen LogP contribution in [0.15, 0.2) is 42.9 Å². The lowest BCUT2D eigenvalue weighted by Gasteiger charge is -2.24. The van der Waals surface area contributed by atoms with Crippen molar-refractivity contribution in [2.75, 3.05) is 31.2 Å². The van der Waals surface area contributed by atoms with Gasteiger partial charge in [-0.15, -0.1) is 0 Å². The second kappa shape index (κ2) is 11.2. The first-order valence-corrected chi connectivity index (χ1v) is 12.9. The minimum atomic E-state index is -1.14. The zero-order valence-corrected chi connectivity index (χ0v) is 22.6. The quantitative estimate of drug-likeness (QED) is 0.301. The molecule has 11 heteroatoms. The average molecular weight is 526 g/mol. The van der Waals surface area contributed by atoms with Gasteiger partial charge in [0.25, 0.3) is 0 Å². The molecule has 5 atom stereocenters. The summed E-state index contributed by atoms with van der Waals surface area (Å²) in [4.78, 5) is 23.0. The molecule has 2 aromatic heterocycles. The Morgan fingerprint density at radius 1 is 1.18 bits per heavy atom. The maximum atomic E-state index is 12.4. The molecule has 4 rings (SSSR count). The van der Waals surface area contributed by atoms with Crippen molar-refractivity contribution < 1.29 is 19.7 Å². The molecule has 0 saturated carbocycles. The highest BCUT2D eigenvalue weighted by molar-refractivity contribution is 5.89. The van der Waals surface area contributed by atoms with Gasteiger partial charge in [-0.3, -0.25) is 4.57 Å². The fourth-order valence-electron chi connectivity index (χ4n) is 4.58. The number of nitrogens with one attached hydrogen (secondary N) is 2. The lowest BCUT2D eigenvalue weighted by molar-refractivity contribution is -0.0423. The van der Waals surface area contributed by atoms with Gasteiger partial charge in [0, 0.05) is 24.5 Å². The Labute approximate surface area is 223 Å². The van der Waals surface area contributed by atoms with E-state index < -0.39 is 24.5 Å². The van der Waals surface area contributed by atoms with Crippen LogP contribution < -0.4 is 16.4 Å². The smallest absolute Gasteiger partial charge is 0.319 e. The fourth-order valence-corrected chi connectivity index (χ4v) is 4.58. The van der Waals surface area contributed by atoms with Crippen molar-refractivity contribution >= 4 is 28.6 Å². The van der Waals surface area contributed by atoms with Gasteiger partial charge in [-0.2, -0.15) is 0 Å². The van der Waals surface area contributed by atoms with Crippen LogP contribution in [0.4, 0.5) is 16.2 Å². The van der Waals surface area contributed by atoms with Gasteiger partial charge < -0.3 is 36.2 Å². The lowest BCUT2D eigenvalue weighted by Crippen LogP contribution is -2.41. The van der Waals surface area contributed by atoms with Gasteiger partial charge in [0.15, 0.2) is 11.9 Å². The van der Waals surface area contributed by atoms with Crippen LogP contribution in [-0.4, -0.2) is 80.2 Å². The molecule has 3 aromatic rings. The highest BCUT2D eigenvalue weighted by Gasteiger charge is 2.44. The van der Waals surface area contributed by atoms with E-state index in [1.165, 1.54) is 11.9 Å². The molecule has 0 unspecified atom stereocenters. The topological polar surface area (TPSA) is 151 Å². The SMILES string of the molecule is C[C@@H](CCN(C)C[C@H]1O[C@@H](n2cnc3c(N)ccnc32)[C@H](O)[C@@H]1O)NC(=O)Nc1ccc(C(C)(C)C)cc1. The molecule has 0 aliphatic carbocycles. The number of nitrogens with zero attached hydrogens (tertiary/aromatic N) is 4. The van der Waals surface area contributed by atoms with Crippen LogP contribution in [-0.2, 0) is 10.2 Å². The van der Waals surface area contributed by atoms with Gasteiger partial charge in [-0.1, -0.05) is 32.9 Å². The summed E-state index contributed by atoms with van der Waals surface area (Å²) in [6.07, 6.45) is 0.111. The van der Waals surface area contributed by atoms with Gasteiger partial charge >= 0.3 is 6.03 Å². The number of aliphatic hydroxyl groups excluding tert-OH is 2. The van der Waals surface area contributed by atoms with Crippen molar-refractivity contribution in [3.8, 4) is 0 Å². The van der Waals surface area contributed by atoms with Crippen molar-refractivity contribution in [3.05, 3.63) is 48.4 Å². The van der Waals surface area contributed by atoms with E-state index in [-0.39, 0.29) is 17.5 Å². The number of carbonyl (C=O) groups excluding carboxylic acids is 1. The summed E-state index contributed by atoms with van der Waals surface area (Å²) >= 11 is 0. The number of imidazole rings is 1. The fraction of sp³-hybridized carbons (Fsp3) is 0.519. The summed E-state index contributed by atoms with van der Waals surface area (Å²) in [5.74, 6) is 0. The van der Waals surface area contributed by atoms with Crippen molar-refractivity contribution in [2.24, 2.45) is 0 Å². The van der Waals surface area contributed by atoms with Gasteiger partial charge in [-0.05, 0) is 56.1 Å². The summed E-state index contributed by atoms with van der Waals surface area (Å²) in [5, 5.41) is 27.2. The second-order valence-corrected chi connectivity index (χ2v) is 11.1. The van der Waals surface area contributed by atoms with E-state index in [4.69, 9.17) is 10.5 Å². The first-order valence-electron chi connectivity index (χ1n) is 12.9. The monoisotopic (exact) mass is 525 g/mol. The first-order chi connectivity index (χ1) is 17.9. The predicted octanol–water partition coefficient (Wildman–Crippen LogP) is 2.46. The average Bonchev–Trinajstić information content (AvgIpc) is 3.40. The zero-order valence-electron chi connectivity index (χ0n) is 22.6. The van der Waals surface area contributed by atoms with Crippen LogP contribution >= 0.6 is 0 Å². The van der Waals surface area contributed by atoms with E-state index in [2.05, 4.69) is 41.4 Å². The van der Waals surface area contributed by atoms with Crippen LogP contribution in [0.5, 0.6) is 0 Å². The summed E-state index contributed by atoms with van der Waals surface area (Å²) in [6.45, 7) is 9.44. The molecule has 1 fully saturated rings. The van der Waals surface area contributed by atoms with Crippen LogP contribution in [0.3, 0.4) is 0 Å². The number of benzene rings is 1. The van der Waals surface area contributed by atoms with Crippen LogP contribution in [0.25, 0.3) is 11.2 Å². The maximum absolute atomic E-state index is 12.4. The number of amides is 2. The van der Waals surface area contributed by atoms with Crippen LogP contribution in [0, 0.1) is 0 Å². The minimum Gasteiger partial charge on any atom is -0.397 e. The molecule has 38 heavy (non-hydrogen) atoms. The van der Waals surface area contributed by atoms with Crippen molar-refractivity contribution in [3.63, 3.8) is 0 Å².